The lowest BCUT2D eigenvalue weighted by molar-refractivity contribution is 0.752. The summed E-state index contributed by atoms with van der Waals surface area (Å²) >= 11 is 1.70. The molecular formula is C17H22IN7S. The Bertz CT molecular complexity index is 838. The first-order valence-electron chi connectivity index (χ1n) is 7.99. The molecule has 0 amide bonds. The van der Waals surface area contributed by atoms with Crippen LogP contribution in [0.1, 0.15) is 21.4 Å². The fraction of sp³-hybridized carbons (Fsp3) is 0.294. The minimum Gasteiger partial charge on any atom is -0.350 e. The van der Waals surface area contributed by atoms with Crippen molar-refractivity contribution in [3.05, 3.63) is 58.1 Å². The molecule has 0 radical (unpaired) electrons. The number of guanidine groups is 1. The topological polar surface area (TPSA) is 80.0 Å². The molecule has 0 unspecified atom stereocenters. The molecule has 0 saturated carbocycles. The van der Waals surface area contributed by atoms with Crippen LogP contribution in [0.5, 0.6) is 0 Å². The summed E-state index contributed by atoms with van der Waals surface area (Å²) in [6, 6.07) is 10.0. The number of hydrogen-bond acceptors (Lipinski definition) is 5. The van der Waals surface area contributed by atoms with E-state index < -0.39 is 0 Å². The molecule has 0 fully saturated rings. The van der Waals surface area contributed by atoms with Crippen molar-refractivity contribution in [2.45, 2.75) is 26.9 Å². The van der Waals surface area contributed by atoms with Crippen molar-refractivity contribution in [3.8, 4) is 5.69 Å². The molecule has 0 aliphatic heterocycles. The van der Waals surface area contributed by atoms with E-state index >= 15 is 0 Å². The Labute approximate surface area is 174 Å². The minimum absolute atomic E-state index is 0. The Kier molecular flexibility index (Phi) is 7.51. The number of rotatable bonds is 5. The highest BCUT2D eigenvalue weighted by molar-refractivity contribution is 14.0. The van der Waals surface area contributed by atoms with Crippen LogP contribution in [-0.4, -0.2) is 32.8 Å². The molecule has 0 aliphatic rings. The Balaban J connectivity index is 0.00000243. The molecule has 3 aromatic rings. The Morgan fingerprint density at radius 1 is 1.15 bits per heavy atom. The van der Waals surface area contributed by atoms with E-state index in [1.54, 1.807) is 24.7 Å². The minimum atomic E-state index is 0. The van der Waals surface area contributed by atoms with Crippen molar-refractivity contribution < 1.29 is 0 Å². The Hall–Kier alpha value is -2.01. The molecule has 26 heavy (non-hydrogen) atoms. The van der Waals surface area contributed by atoms with Crippen LogP contribution in [0.2, 0.25) is 0 Å². The molecule has 138 valence electrons. The van der Waals surface area contributed by atoms with Crippen molar-refractivity contribution in [1.82, 2.24) is 30.4 Å². The van der Waals surface area contributed by atoms with E-state index in [1.165, 1.54) is 4.88 Å². The van der Waals surface area contributed by atoms with Crippen LogP contribution in [0.3, 0.4) is 0 Å². The van der Waals surface area contributed by atoms with Crippen molar-refractivity contribution in [1.29, 1.82) is 0 Å². The quantitative estimate of drug-likeness (QED) is 0.332. The van der Waals surface area contributed by atoms with Gasteiger partial charge in [0.1, 0.15) is 11.3 Å². The number of halogens is 1. The van der Waals surface area contributed by atoms with E-state index in [2.05, 4.69) is 37.7 Å². The van der Waals surface area contributed by atoms with E-state index in [0.717, 1.165) is 22.2 Å². The molecule has 0 bridgehead atoms. The molecule has 0 spiro atoms. The number of aromatic nitrogens is 4. The molecule has 1 aromatic carbocycles. The normalized spacial score (nSPS) is 11.1. The zero-order chi connectivity index (χ0) is 17.6. The highest BCUT2D eigenvalue weighted by atomic mass is 127. The van der Waals surface area contributed by atoms with Gasteiger partial charge in [0, 0.05) is 17.6 Å². The van der Waals surface area contributed by atoms with Gasteiger partial charge in [-0.25, -0.2) is 4.98 Å². The SMILES string of the molecule is CN=C(NCc1nc(C)c(C)s1)NCc1nncn1-c1ccccc1.I. The molecule has 2 N–H and O–H groups in total. The van der Waals surface area contributed by atoms with Gasteiger partial charge in [-0.3, -0.25) is 9.56 Å². The lowest BCUT2D eigenvalue weighted by Crippen LogP contribution is -2.36. The summed E-state index contributed by atoms with van der Waals surface area (Å²) in [6.45, 7) is 5.27. The summed E-state index contributed by atoms with van der Waals surface area (Å²) in [5, 5.41) is 15.8. The Morgan fingerprint density at radius 3 is 2.54 bits per heavy atom. The smallest absolute Gasteiger partial charge is 0.191 e. The summed E-state index contributed by atoms with van der Waals surface area (Å²) in [5.41, 5.74) is 2.11. The van der Waals surface area contributed by atoms with E-state index in [4.69, 9.17) is 0 Å². The lowest BCUT2D eigenvalue weighted by atomic mass is 10.3. The molecule has 9 heteroatoms. The van der Waals surface area contributed by atoms with Crippen LogP contribution in [0.15, 0.2) is 41.7 Å². The summed E-state index contributed by atoms with van der Waals surface area (Å²) in [4.78, 5) is 10.0. The van der Waals surface area contributed by atoms with Crippen LogP contribution in [0.4, 0.5) is 0 Å². The average Bonchev–Trinajstić information content (AvgIpc) is 3.22. The van der Waals surface area contributed by atoms with Crippen LogP contribution < -0.4 is 10.6 Å². The van der Waals surface area contributed by atoms with E-state index in [0.29, 0.717) is 19.0 Å². The van der Waals surface area contributed by atoms with Gasteiger partial charge in [-0.1, -0.05) is 18.2 Å². The second kappa shape index (κ2) is 9.62. The van der Waals surface area contributed by atoms with Crippen molar-refractivity contribution in [2.24, 2.45) is 4.99 Å². The van der Waals surface area contributed by atoms with Gasteiger partial charge in [-0.05, 0) is 26.0 Å². The third-order valence-corrected chi connectivity index (χ3v) is 4.84. The third-order valence-electron chi connectivity index (χ3n) is 3.77. The van der Waals surface area contributed by atoms with Crippen molar-refractivity contribution in [3.63, 3.8) is 0 Å². The number of aliphatic imine (C=N–C) groups is 1. The number of thiazole rings is 1. The molecular weight excluding hydrogens is 461 g/mol. The fourth-order valence-electron chi connectivity index (χ4n) is 2.34. The van der Waals surface area contributed by atoms with Gasteiger partial charge in [0.15, 0.2) is 11.8 Å². The van der Waals surface area contributed by atoms with Gasteiger partial charge >= 0.3 is 0 Å². The lowest BCUT2D eigenvalue weighted by Gasteiger charge is -2.11. The Morgan fingerprint density at radius 2 is 1.88 bits per heavy atom. The molecule has 7 nitrogen and oxygen atoms in total. The van der Waals surface area contributed by atoms with Gasteiger partial charge < -0.3 is 10.6 Å². The van der Waals surface area contributed by atoms with E-state index in [9.17, 15) is 0 Å². The maximum absolute atomic E-state index is 4.53. The average molecular weight is 483 g/mol. The van der Waals surface area contributed by atoms with Gasteiger partial charge in [0.05, 0.1) is 18.8 Å². The number of aryl methyl sites for hydroxylation is 2. The highest BCUT2D eigenvalue weighted by Crippen LogP contribution is 2.15. The van der Waals surface area contributed by atoms with Crippen molar-refractivity contribution in [2.75, 3.05) is 7.05 Å². The van der Waals surface area contributed by atoms with Crippen molar-refractivity contribution >= 4 is 41.3 Å². The number of benzene rings is 1. The van der Waals surface area contributed by atoms with Crippen LogP contribution in [0.25, 0.3) is 5.69 Å². The zero-order valence-electron chi connectivity index (χ0n) is 14.9. The predicted octanol–water partition coefficient (Wildman–Crippen LogP) is 2.82. The number of hydrogen-bond donors (Lipinski definition) is 2. The third kappa shape index (κ3) is 5.01. The maximum Gasteiger partial charge on any atom is 0.191 e. The van der Waals surface area contributed by atoms with Crippen LogP contribution >= 0.6 is 35.3 Å². The summed E-state index contributed by atoms with van der Waals surface area (Å²) in [6.07, 6.45) is 1.71. The molecule has 2 aromatic heterocycles. The largest absolute Gasteiger partial charge is 0.350 e. The molecule has 3 rings (SSSR count). The fourth-order valence-corrected chi connectivity index (χ4v) is 3.21. The summed E-state index contributed by atoms with van der Waals surface area (Å²) in [5.74, 6) is 1.52. The second-order valence-electron chi connectivity index (χ2n) is 5.48. The first-order chi connectivity index (χ1) is 12.2. The molecule has 0 saturated heterocycles. The second-order valence-corrected chi connectivity index (χ2v) is 6.77. The molecule has 0 aliphatic carbocycles. The summed E-state index contributed by atoms with van der Waals surface area (Å²) in [7, 11) is 1.75. The van der Waals surface area contributed by atoms with Gasteiger partial charge in [-0.15, -0.1) is 45.5 Å². The standard InChI is InChI=1S/C17H21N7S.HI/c1-12-13(2)25-16(22-12)10-20-17(18-3)19-9-15-23-21-11-24(15)14-7-5-4-6-8-14;/h4-8,11H,9-10H2,1-3H3,(H2,18,19,20);1H. The number of nitrogens with zero attached hydrogens (tertiary/aromatic N) is 5. The van der Waals surface area contributed by atoms with E-state index in [-0.39, 0.29) is 24.0 Å². The van der Waals surface area contributed by atoms with Gasteiger partial charge in [0.2, 0.25) is 0 Å². The van der Waals surface area contributed by atoms with Crippen LogP contribution in [0, 0.1) is 13.8 Å². The van der Waals surface area contributed by atoms with E-state index in [1.807, 2.05) is 41.8 Å². The highest BCUT2D eigenvalue weighted by Gasteiger charge is 2.08. The molecule has 2 heterocycles. The van der Waals surface area contributed by atoms with Gasteiger partial charge in [-0.2, -0.15) is 0 Å². The van der Waals surface area contributed by atoms with Crippen LogP contribution in [-0.2, 0) is 13.1 Å². The number of nitrogens with one attached hydrogen (secondary N) is 2. The first-order valence-corrected chi connectivity index (χ1v) is 8.80. The predicted molar refractivity (Wildman–Crippen MR) is 115 cm³/mol. The van der Waals surface area contributed by atoms with Gasteiger partial charge in [0.25, 0.3) is 0 Å². The molecule has 0 atom stereocenters. The summed E-state index contributed by atoms with van der Waals surface area (Å²) < 4.78 is 1.95. The first kappa shape index (κ1) is 20.3. The maximum atomic E-state index is 4.53. The monoisotopic (exact) mass is 483 g/mol. The number of para-hydroxylation sites is 1. The zero-order valence-corrected chi connectivity index (χ0v) is 18.1.